The average Bonchev–Trinajstić information content (AvgIpc) is 2.75. The van der Waals surface area contributed by atoms with E-state index in [4.69, 9.17) is 0 Å². The van der Waals surface area contributed by atoms with Gasteiger partial charge in [-0.15, -0.1) is 0 Å². The predicted molar refractivity (Wildman–Crippen MR) is 68.8 cm³/mol. The highest BCUT2D eigenvalue weighted by Gasteiger charge is 2.21. The van der Waals surface area contributed by atoms with Crippen molar-refractivity contribution in [2.75, 3.05) is 6.54 Å². The number of rotatable bonds is 1. The van der Waals surface area contributed by atoms with E-state index in [-0.39, 0.29) is 0 Å². The molecular formula is C15H17N. The smallest absolute Gasteiger partial charge is 0.00452 e. The van der Waals surface area contributed by atoms with Gasteiger partial charge in [0.15, 0.2) is 0 Å². The summed E-state index contributed by atoms with van der Waals surface area (Å²) < 4.78 is 0. The van der Waals surface area contributed by atoms with Gasteiger partial charge in [0.25, 0.3) is 0 Å². The first-order chi connectivity index (χ1) is 7.83. The van der Waals surface area contributed by atoms with Gasteiger partial charge >= 0.3 is 0 Å². The van der Waals surface area contributed by atoms with Crippen LogP contribution in [0.15, 0.2) is 42.5 Å². The Balaban J connectivity index is 1.99. The van der Waals surface area contributed by atoms with E-state index in [1.807, 2.05) is 0 Å². The highest BCUT2D eigenvalue weighted by Crippen LogP contribution is 2.28. The van der Waals surface area contributed by atoms with E-state index in [2.05, 4.69) is 54.7 Å². The Morgan fingerprint density at radius 3 is 2.62 bits per heavy atom. The van der Waals surface area contributed by atoms with Crippen LogP contribution in [0.1, 0.15) is 24.8 Å². The number of benzene rings is 2. The summed E-state index contributed by atoms with van der Waals surface area (Å²) in [6.07, 6.45) is 1.26. The fourth-order valence-electron chi connectivity index (χ4n) is 2.65. The molecule has 1 saturated heterocycles. The van der Waals surface area contributed by atoms with E-state index >= 15 is 0 Å². The third kappa shape index (κ3) is 1.72. The van der Waals surface area contributed by atoms with Crippen molar-refractivity contribution in [3.8, 4) is 0 Å². The van der Waals surface area contributed by atoms with E-state index in [9.17, 15) is 0 Å². The minimum Gasteiger partial charge on any atom is -0.314 e. The van der Waals surface area contributed by atoms with Crippen LogP contribution in [0.4, 0.5) is 0 Å². The van der Waals surface area contributed by atoms with Crippen LogP contribution in [0, 0.1) is 0 Å². The minimum atomic E-state index is 0.663. The third-order valence-electron chi connectivity index (χ3n) is 3.60. The second kappa shape index (κ2) is 3.91. The summed E-state index contributed by atoms with van der Waals surface area (Å²) >= 11 is 0. The summed E-state index contributed by atoms with van der Waals surface area (Å²) in [5.74, 6) is 0.694. The van der Waals surface area contributed by atoms with E-state index in [1.165, 1.54) is 22.8 Å². The molecule has 0 aliphatic carbocycles. The molecule has 2 atom stereocenters. The molecule has 2 aromatic rings. The largest absolute Gasteiger partial charge is 0.314 e. The van der Waals surface area contributed by atoms with Crippen molar-refractivity contribution in [1.29, 1.82) is 0 Å². The van der Waals surface area contributed by atoms with Gasteiger partial charge in [-0.2, -0.15) is 0 Å². The van der Waals surface area contributed by atoms with E-state index < -0.39 is 0 Å². The molecule has 82 valence electrons. The minimum absolute atomic E-state index is 0.663. The van der Waals surface area contributed by atoms with Crippen LogP contribution in [0.5, 0.6) is 0 Å². The number of fused-ring (bicyclic) bond motifs is 1. The monoisotopic (exact) mass is 211 g/mol. The molecule has 0 radical (unpaired) electrons. The number of hydrogen-bond donors (Lipinski definition) is 1. The second-order valence-corrected chi connectivity index (χ2v) is 4.85. The second-order valence-electron chi connectivity index (χ2n) is 4.85. The molecule has 1 heteroatoms. The van der Waals surface area contributed by atoms with Gasteiger partial charge in [0.1, 0.15) is 0 Å². The Kier molecular flexibility index (Phi) is 2.41. The first-order valence-corrected chi connectivity index (χ1v) is 6.05. The lowest BCUT2D eigenvalue weighted by molar-refractivity contribution is 0.658. The lowest BCUT2D eigenvalue weighted by Crippen LogP contribution is -2.16. The molecule has 0 spiro atoms. The molecule has 1 aliphatic heterocycles. The van der Waals surface area contributed by atoms with Gasteiger partial charge in [-0.3, -0.25) is 0 Å². The van der Waals surface area contributed by atoms with Crippen molar-refractivity contribution >= 4 is 10.8 Å². The number of hydrogen-bond acceptors (Lipinski definition) is 1. The Morgan fingerprint density at radius 2 is 1.88 bits per heavy atom. The maximum Gasteiger partial charge on any atom is 0.00452 e. The van der Waals surface area contributed by atoms with Gasteiger partial charge in [-0.1, -0.05) is 42.5 Å². The van der Waals surface area contributed by atoms with Gasteiger partial charge in [-0.25, -0.2) is 0 Å². The Morgan fingerprint density at radius 1 is 1.06 bits per heavy atom. The highest BCUT2D eigenvalue weighted by molar-refractivity contribution is 5.83. The zero-order valence-electron chi connectivity index (χ0n) is 9.61. The predicted octanol–water partition coefficient (Wildman–Crippen LogP) is 3.31. The van der Waals surface area contributed by atoms with Crippen LogP contribution in [-0.2, 0) is 0 Å². The van der Waals surface area contributed by atoms with Crippen molar-refractivity contribution < 1.29 is 0 Å². The fraction of sp³-hybridized carbons (Fsp3) is 0.333. The van der Waals surface area contributed by atoms with Gasteiger partial charge in [0.2, 0.25) is 0 Å². The molecule has 16 heavy (non-hydrogen) atoms. The Bertz CT molecular complexity index is 504. The molecule has 1 aliphatic rings. The molecule has 1 N–H and O–H groups in total. The van der Waals surface area contributed by atoms with Gasteiger partial charge < -0.3 is 5.32 Å². The van der Waals surface area contributed by atoms with Crippen molar-refractivity contribution in [1.82, 2.24) is 5.32 Å². The topological polar surface area (TPSA) is 12.0 Å². The molecule has 0 amide bonds. The molecule has 0 bridgehead atoms. The third-order valence-corrected chi connectivity index (χ3v) is 3.60. The summed E-state index contributed by atoms with van der Waals surface area (Å²) in [5.41, 5.74) is 1.48. The van der Waals surface area contributed by atoms with Crippen molar-refractivity contribution in [3.05, 3.63) is 48.0 Å². The zero-order chi connectivity index (χ0) is 11.0. The quantitative estimate of drug-likeness (QED) is 0.763. The number of nitrogens with one attached hydrogen (secondary N) is 1. The first kappa shape index (κ1) is 9.86. The summed E-state index contributed by atoms with van der Waals surface area (Å²) in [6, 6.07) is 16.1. The molecule has 3 rings (SSSR count). The van der Waals surface area contributed by atoms with Crippen LogP contribution >= 0.6 is 0 Å². The van der Waals surface area contributed by atoms with Crippen LogP contribution < -0.4 is 5.32 Å². The summed E-state index contributed by atoms with van der Waals surface area (Å²) in [4.78, 5) is 0. The van der Waals surface area contributed by atoms with Crippen LogP contribution in [-0.4, -0.2) is 12.6 Å². The molecule has 0 saturated carbocycles. The van der Waals surface area contributed by atoms with E-state index in [0.29, 0.717) is 12.0 Å². The molecule has 1 heterocycles. The van der Waals surface area contributed by atoms with Gasteiger partial charge in [0, 0.05) is 12.6 Å². The standard InChI is InChI=1S/C15H17N/c1-11-8-15(10-16-11)14-7-6-12-4-2-3-5-13(12)9-14/h2-7,9,11,15-16H,8,10H2,1H3. The highest BCUT2D eigenvalue weighted by atomic mass is 14.9. The normalized spacial score (nSPS) is 25.1. The summed E-state index contributed by atoms with van der Waals surface area (Å²) in [5, 5.41) is 6.21. The molecule has 0 aromatic heterocycles. The molecule has 2 unspecified atom stereocenters. The van der Waals surface area contributed by atoms with Crippen molar-refractivity contribution in [2.45, 2.75) is 25.3 Å². The lowest BCUT2D eigenvalue weighted by atomic mass is 9.94. The van der Waals surface area contributed by atoms with Crippen LogP contribution in [0.25, 0.3) is 10.8 Å². The van der Waals surface area contributed by atoms with Gasteiger partial charge in [0.05, 0.1) is 0 Å². The molecule has 2 aromatic carbocycles. The summed E-state index contributed by atoms with van der Waals surface area (Å²) in [7, 11) is 0. The van der Waals surface area contributed by atoms with E-state index in [0.717, 1.165) is 6.54 Å². The van der Waals surface area contributed by atoms with Crippen LogP contribution in [0.2, 0.25) is 0 Å². The molecule has 1 fully saturated rings. The average molecular weight is 211 g/mol. The molecular weight excluding hydrogens is 194 g/mol. The Hall–Kier alpha value is -1.34. The maximum atomic E-state index is 3.52. The fourth-order valence-corrected chi connectivity index (χ4v) is 2.65. The SMILES string of the molecule is CC1CC(c2ccc3ccccc3c2)CN1. The van der Waals surface area contributed by atoms with Gasteiger partial charge in [-0.05, 0) is 35.6 Å². The van der Waals surface area contributed by atoms with Crippen molar-refractivity contribution in [3.63, 3.8) is 0 Å². The molecule has 1 nitrogen and oxygen atoms in total. The van der Waals surface area contributed by atoms with E-state index in [1.54, 1.807) is 0 Å². The first-order valence-electron chi connectivity index (χ1n) is 6.05. The Labute approximate surface area is 96.5 Å². The summed E-state index contributed by atoms with van der Waals surface area (Å²) in [6.45, 7) is 3.39. The maximum absolute atomic E-state index is 3.52. The lowest BCUT2D eigenvalue weighted by Gasteiger charge is -2.10. The van der Waals surface area contributed by atoms with Crippen molar-refractivity contribution in [2.24, 2.45) is 0 Å². The van der Waals surface area contributed by atoms with Crippen LogP contribution in [0.3, 0.4) is 0 Å². The zero-order valence-corrected chi connectivity index (χ0v) is 9.61.